The molecule has 3 aromatic rings. The lowest BCUT2D eigenvalue weighted by atomic mass is 10.1. The number of para-hydroxylation sites is 1. The number of carbonyl (C=O) groups is 1. The Morgan fingerprint density at radius 1 is 1.10 bits per heavy atom. The first kappa shape index (κ1) is 13.1. The average Bonchev–Trinajstić information content (AvgIpc) is 3.08. The van der Waals surface area contributed by atoms with Crippen LogP contribution in [-0.4, -0.2) is 25.8 Å². The van der Waals surface area contributed by atoms with Gasteiger partial charge in [0, 0.05) is 17.5 Å². The third-order valence-corrected chi connectivity index (χ3v) is 3.08. The van der Waals surface area contributed by atoms with Crippen LogP contribution in [0.1, 0.15) is 22.0 Å². The van der Waals surface area contributed by atoms with E-state index in [2.05, 4.69) is 25.3 Å². The van der Waals surface area contributed by atoms with Gasteiger partial charge in [-0.05, 0) is 26.0 Å². The summed E-state index contributed by atoms with van der Waals surface area (Å²) in [5.41, 5.74) is 2.94. The van der Waals surface area contributed by atoms with E-state index < -0.39 is 0 Å². The van der Waals surface area contributed by atoms with Crippen LogP contribution in [0.5, 0.6) is 0 Å². The number of H-pyrrole nitrogens is 2. The molecule has 21 heavy (non-hydrogen) atoms. The summed E-state index contributed by atoms with van der Waals surface area (Å²) in [6.07, 6.45) is 3.27. The maximum Gasteiger partial charge on any atom is 0.273 e. The number of amides is 1. The summed E-state index contributed by atoms with van der Waals surface area (Å²) in [5.74, 6) is 1.20. The van der Waals surface area contributed by atoms with E-state index in [0.717, 1.165) is 17.1 Å². The van der Waals surface area contributed by atoms with Gasteiger partial charge < -0.3 is 15.3 Å². The van der Waals surface area contributed by atoms with E-state index in [1.54, 1.807) is 13.1 Å². The van der Waals surface area contributed by atoms with Gasteiger partial charge in [-0.2, -0.15) is 0 Å². The van der Waals surface area contributed by atoms with E-state index in [1.165, 1.54) is 6.20 Å². The molecule has 1 aromatic carbocycles. The molecule has 0 aliphatic heterocycles. The smallest absolute Gasteiger partial charge is 0.273 e. The highest BCUT2D eigenvalue weighted by atomic mass is 16.1. The number of rotatable bonds is 3. The van der Waals surface area contributed by atoms with Crippen molar-refractivity contribution in [2.24, 2.45) is 0 Å². The van der Waals surface area contributed by atoms with Crippen molar-refractivity contribution in [1.29, 1.82) is 0 Å². The van der Waals surface area contributed by atoms with E-state index in [1.807, 2.05) is 31.2 Å². The van der Waals surface area contributed by atoms with Gasteiger partial charge >= 0.3 is 0 Å². The van der Waals surface area contributed by atoms with Crippen LogP contribution in [0.2, 0.25) is 0 Å². The highest BCUT2D eigenvalue weighted by Gasteiger charge is 2.13. The second kappa shape index (κ2) is 5.24. The lowest BCUT2D eigenvalue weighted by Gasteiger charge is -2.08. The minimum absolute atomic E-state index is 0.230. The van der Waals surface area contributed by atoms with Crippen LogP contribution in [0.3, 0.4) is 0 Å². The van der Waals surface area contributed by atoms with E-state index >= 15 is 0 Å². The minimum atomic E-state index is -0.230. The summed E-state index contributed by atoms with van der Waals surface area (Å²) in [7, 11) is 0. The van der Waals surface area contributed by atoms with Gasteiger partial charge in [0.1, 0.15) is 17.3 Å². The molecule has 0 saturated heterocycles. The monoisotopic (exact) mass is 281 g/mol. The zero-order valence-electron chi connectivity index (χ0n) is 11.8. The van der Waals surface area contributed by atoms with Crippen molar-refractivity contribution in [2.45, 2.75) is 13.8 Å². The normalized spacial score (nSPS) is 10.6. The third-order valence-electron chi connectivity index (χ3n) is 3.08. The maximum absolute atomic E-state index is 12.2. The molecule has 0 spiro atoms. The van der Waals surface area contributed by atoms with Crippen molar-refractivity contribution in [2.75, 3.05) is 5.32 Å². The topological polar surface area (TPSA) is 86.5 Å². The summed E-state index contributed by atoms with van der Waals surface area (Å²) in [5, 5.41) is 2.88. The fourth-order valence-electron chi connectivity index (χ4n) is 2.07. The molecule has 106 valence electrons. The van der Waals surface area contributed by atoms with Gasteiger partial charge in [-0.15, -0.1) is 0 Å². The number of aromatic nitrogens is 4. The molecule has 0 aliphatic carbocycles. The average molecular weight is 281 g/mol. The first-order valence-corrected chi connectivity index (χ1v) is 6.57. The SMILES string of the molecule is Cc1cnc(-c2ccccc2NC(=O)c2cnc(C)[nH]2)[nH]1. The maximum atomic E-state index is 12.2. The number of imidazole rings is 2. The largest absolute Gasteiger partial charge is 0.342 e. The van der Waals surface area contributed by atoms with Crippen molar-refractivity contribution in [1.82, 2.24) is 19.9 Å². The molecule has 0 atom stereocenters. The molecule has 0 radical (unpaired) electrons. The molecular formula is C15H15N5O. The molecule has 0 bridgehead atoms. The lowest BCUT2D eigenvalue weighted by molar-refractivity contribution is 0.102. The first-order valence-electron chi connectivity index (χ1n) is 6.57. The van der Waals surface area contributed by atoms with E-state index in [4.69, 9.17) is 0 Å². The summed E-state index contributed by atoms with van der Waals surface area (Å²) in [6, 6.07) is 7.52. The Balaban J connectivity index is 1.91. The number of nitrogens with one attached hydrogen (secondary N) is 3. The number of anilines is 1. The molecule has 0 unspecified atom stereocenters. The molecule has 2 heterocycles. The Hall–Kier alpha value is -2.89. The molecule has 0 saturated carbocycles. The molecule has 3 rings (SSSR count). The number of nitrogens with zero attached hydrogens (tertiary/aromatic N) is 2. The number of hydrogen-bond donors (Lipinski definition) is 3. The standard InChI is InChI=1S/C15H15N5O/c1-9-7-17-14(18-9)11-5-3-4-6-12(11)20-15(21)13-8-16-10(2)19-13/h3-8H,1-2H3,(H,16,19)(H,17,18)(H,20,21). The molecule has 0 fully saturated rings. The van der Waals surface area contributed by atoms with Crippen molar-refractivity contribution in [3.63, 3.8) is 0 Å². The van der Waals surface area contributed by atoms with Gasteiger partial charge in [0.05, 0.1) is 11.9 Å². The predicted molar refractivity (Wildman–Crippen MR) is 80.0 cm³/mol. The van der Waals surface area contributed by atoms with Gasteiger partial charge in [0.15, 0.2) is 0 Å². The Labute approximate surface area is 121 Å². The van der Waals surface area contributed by atoms with E-state index in [-0.39, 0.29) is 5.91 Å². The summed E-state index contributed by atoms with van der Waals surface area (Å²) in [6.45, 7) is 3.74. The van der Waals surface area contributed by atoms with Crippen LogP contribution in [0, 0.1) is 13.8 Å². The van der Waals surface area contributed by atoms with Crippen molar-refractivity contribution in [3.05, 3.63) is 53.9 Å². The van der Waals surface area contributed by atoms with Gasteiger partial charge in [0.2, 0.25) is 0 Å². The van der Waals surface area contributed by atoms with Gasteiger partial charge in [-0.25, -0.2) is 9.97 Å². The van der Waals surface area contributed by atoms with Gasteiger partial charge in [0.25, 0.3) is 5.91 Å². The predicted octanol–water partition coefficient (Wildman–Crippen LogP) is 2.67. The van der Waals surface area contributed by atoms with Crippen LogP contribution >= 0.6 is 0 Å². The fourth-order valence-corrected chi connectivity index (χ4v) is 2.07. The second-order valence-electron chi connectivity index (χ2n) is 4.80. The van der Waals surface area contributed by atoms with E-state index in [9.17, 15) is 4.79 Å². The van der Waals surface area contributed by atoms with Gasteiger partial charge in [-0.1, -0.05) is 12.1 Å². The Morgan fingerprint density at radius 3 is 2.57 bits per heavy atom. The molecule has 6 nitrogen and oxygen atoms in total. The van der Waals surface area contributed by atoms with Crippen LogP contribution in [-0.2, 0) is 0 Å². The number of carbonyl (C=O) groups excluding carboxylic acids is 1. The molecule has 1 amide bonds. The Morgan fingerprint density at radius 2 is 1.90 bits per heavy atom. The Kier molecular flexibility index (Phi) is 3.27. The summed E-state index contributed by atoms with van der Waals surface area (Å²) < 4.78 is 0. The van der Waals surface area contributed by atoms with E-state index in [0.29, 0.717) is 17.2 Å². The van der Waals surface area contributed by atoms with Crippen LogP contribution < -0.4 is 5.32 Å². The summed E-state index contributed by atoms with van der Waals surface area (Å²) >= 11 is 0. The number of benzene rings is 1. The molecule has 2 aromatic heterocycles. The third kappa shape index (κ3) is 2.69. The van der Waals surface area contributed by atoms with Crippen LogP contribution in [0.15, 0.2) is 36.7 Å². The Bertz CT molecular complexity index is 787. The summed E-state index contributed by atoms with van der Waals surface area (Å²) in [4.78, 5) is 26.6. The molecular weight excluding hydrogens is 266 g/mol. The van der Waals surface area contributed by atoms with Crippen LogP contribution in [0.4, 0.5) is 5.69 Å². The molecule has 6 heteroatoms. The molecule has 3 N–H and O–H groups in total. The number of aryl methyl sites for hydroxylation is 2. The lowest BCUT2D eigenvalue weighted by Crippen LogP contribution is -2.13. The first-order chi connectivity index (χ1) is 10.1. The van der Waals surface area contributed by atoms with Crippen molar-refractivity contribution >= 4 is 11.6 Å². The zero-order chi connectivity index (χ0) is 14.8. The van der Waals surface area contributed by atoms with Crippen LogP contribution in [0.25, 0.3) is 11.4 Å². The van der Waals surface area contributed by atoms with Crippen molar-refractivity contribution in [3.8, 4) is 11.4 Å². The fraction of sp³-hybridized carbons (Fsp3) is 0.133. The second-order valence-corrected chi connectivity index (χ2v) is 4.80. The van der Waals surface area contributed by atoms with Crippen molar-refractivity contribution < 1.29 is 4.79 Å². The number of hydrogen-bond acceptors (Lipinski definition) is 3. The minimum Gasteiger partial charge on any atom is -0.342 e. The zero-order valence-corrected chi connectivity index (χ0v) is 11.8. The highest BCUT2D eigenvalue weighted by molar-refractivity contribution is 6.04. The molecule has 0 aliphatic rings. The number of aromatic amines is 2. The highest BCUT2D eigenvalue weighted by Crippen LogP contribution is 2.25. The van der Waals surface area contributed by atoms with Gasteiger partial charge in [-0.3, -0.25) is 4.79 Å². The quantitative estimate of drug-likeness (QED) is 0.689.